The highest BCUT2D eigenvalue weighted by molar-refractivity contribution is 7.70. The second-order valence-corrected chi connectivity index (χ2v) is 17.4. The molecule has 6 rings (SSSR count). The molecule has 3 aliphatic rings. The fraction of sp³-hybridized carbons (Fsp3) is 0.529. The van der Waals surface area contributed by atoms with Gasteiger partial charge in [-0.15, -0.1) is 11.3 Å². The van der Waals surface area contributed by atoms with Gasteiger partial charge in [0.25, 0.3) is 0 Å². The highest BCUT2D eigenvalue weighted by atomic mass is 32.1. The third-order valence-electron chi connectivity index (χ3n) is 9.52. The van der Waals surface area contributed by atoms with Crippen molar-refractivity contribution in [3.05, 3.63) is 52.9 Å². The van der Waals surface area contributed by atoms with Crippen LogP contribution in [0.25, 0.3) is 10.1 Å². The van der Waals surface area contributed by atoms with Gasteiger partial charge in [0, 0.05) is 28.5 Å². The van der Waals surface area contributed by atoms with Crippen molar-refractivity contribution >= 4 is 45.2 Å². The first-order valence-corrected chi connectivity index (χ1v) is 19.0. The number of anilines is 2. The molecule has 0 unspecified atom stereocenters. The molecule has 0 amide bonds. The minimum atomic E-state index is -4.33. The molecule has 3 aromatic rings. The van der Waals surface area contributed by atoms with Crippen molar-refractivity contribution in [1.29, 1.82) is 0 Å². The highest BCUT2D eigenvalue weighted by Crippen LogP contribution is 2.42. The molecule has 2 aromatic carbocycles. The molecule has 44 heavy (non-hydrogen) atoms. The van der Waals surface area contributed by atoms with Gasteiger partial charge in [-0.05, 0) is 106 Å². The van der Waals surface area contributed by atoms with Crippen molar-refractivity contribution in [2.24, 2.45) is 5.41 Å². The van der Waals surface area contributed by atoms with Crippen LogP contribution in [-0.2, 0) is 15.7 Å². The highest BCUT2D eigenvalue weighted by Gasteiger charge is 2.42. The molecule has 2 aliphatic heterocycles. The van der Waals surface area contributed by atoms with Crippen LogP contribution in [0.4, 0.5) is 24.5 Å². The van der Waals surface area contributed by atoms with E-state index in [0.717, 1.165) is 73.4 Å². The summed E-state index contributed by atoms with van der Waals surface area (Å²) in [4.78, 5) is 3.14. The topological polar surface area (TPSA) is 53.6 Å². The van der Waals surface area contributed by atoms with Crippen molar-refractivity contribution in [1.82, 2.24) is 4.90 Å². The Morgan fingerprint density at radius 3 is 2.36 bits per heavy atom. The molecular weight excluding hydrogens is 602 g/mol. The van der Waals surface area contributed by atoms with Gasteiger partial charge in [-0.3, -0.25) is 0 Å². The van der Waals surface area contributed by atoms with Crippen molar-refractivity contribution < 1.29 is 22.5 Å². The summed E-state index contributed by atoms with van der Waals surface area (Å²) in [6.07, 6.45) is 1.54. The van der Waals surface area contributed by atoms with Gasteiger partial charge in [0.15, 0.2) is 0 Å². The lowest BCUT2D eigenvalue weighted by atomic mass is 9.76. The quantitative estimate of drug-likeness (QED) is 0.206. The van der Waals surface area contributed by atoms with E-state index in [2.05, 4.69) is 27.4 Å². The monoisotopic (exact) mass is 643 g/mol. The van der Waals surface area contributed by atoms with Crippen LogP contribution in [-0.4, -0.2) is 69.3 Å². The summed E-state index contributed by atoms with van der Waals surface area (Å²) in [6.45, 7) is 7.93. The largest absolute Gasteiger partial charge is 0.393 e. The van der Waals surface area contributed by atoms with Crippen LogP contribution in [0.5, 0.6) is 0 Å². The molecule has 236 valence electrons. The molecule has 1 spiro atoms. The van der Waals surface area contributed by atoms with Crippen LogP contribution in [0, 0.1) is 17.3 Å². The van der Waals surface area contributed by atoms with Gasteiger partial charge in [-0.1, -0.05) is 24.0 Å². The van der Waals surface area contributed by atoms with Gasteiger partial charge in [0.2, 0.25) is 0 Å². The zero-order valence-electron chi connectivity index (χ0n) is 25.4. The Labute approximate surface area is 262 Å². The number of fused-ring (bicyclic) bond motifs is 1. The zero-order valence-corrected chi connectivity index (χ0v) is 27.1. The van der Waals surface area contributed by atoms with Gasteiger partial charge in [-0.25, -0.2) is 0 Å². The Morgan fingerprint density at radius 1 is 1.05 bits per heavy atom. The van der Waals surface area contributed by atoms with E-state index in [1.165, 1.54) is 24.2 Å². The molecule has 10 heteroatoms. The molecule has 3 fully saturated rings. The maximum Gasteiger partial charge on any atom is 0.393 e. The third kappa shape index (κ3) is 7.31. The molecule has 3 heterocycles. The number of benzene rings is 2. The first kappa shape index (κ1) is 31.5. The molecule has 0 atom stereocenters. The second kappa shape index (κ2) is 12.7. The summed E-state index contributed by atoms with van der Waals surface area (Å²) in [6, 6.07) is 13.9. The first-order chi connectivity index (χ1) is 21.0. The van der Waals surface area contributed by atoms with Crippen molar-refractivity contribution in [3.63, 3.8) is 0 Å². The molecule has 1 saturated carbocycles. The summed E-state index contributed by atoms with van der Waals surface area (Å²) in [5, 5.41) is 8.32. The number of piperidine rings is 1. The second-order valence-electron chi connectivity index (χ2n) is 13.1. The minimum Gasteiger partial charge on any atom is -0.381 e. The van der Waals surface area contributed by atoms with E-state index in [-0.39, 0.29) is 12.1 Å². The van der Waals surface area contributed by atoms with Crippen LogP contribution in [0.2, 0.25) is 0 Å². The fourth-order valence-corrected chi connectivity index (χ4v) is 8.86. The third-order valence-corrected chi connectivity index (χ3v) is 12.3. The predicted molar refractivity (Wildman–Crippen MR) is 176 cm³/mol. The van der Waals surface area contributed by atoms with Crippen molar-refractivity contribution in [2.45, 2.75) is 63.2 Å². The molecule has 2 saturated heterocycles. The normalized spacial score (nSPS) is 22.3. The number of likely N-dealkylation sites (tertiary alicyclic amines) is 1. The SMILES string of the molecule is CP(C)(=O)c1ccc(NCC#Cc2sc3c(NC4CCC(N5CCC6(CC5)COC6)CC4)cccc3c2CC(F)(F)F)cc1. The number of thiophene rings is 1. The van der Waals surface area contributed by atoms with Crippen molar-refractivity contribution in [2.75, 3.05) is 56.8 Å². The van der Waals surface area contributed by atoms with E-state index < -0.39 is 19.7 Å². The van der Waals surface area contributed by atoms with Gasteiger partial charge in [0.05, 0.1) is 41.4 Å². The van der Waals surface area contributed by atoms with E-state index >= 15 is 0 Å². The Kier molecular flexibility index (Phi) is 9.10. The maximum atomic E-state index is 13.7. The first-order valence-electron chi connectivity index (χ1n) is 15.6. The van der Waals surface area contributed by atoms with Crippen LogP contribution in [0.3, 0.4) is 0 Å². The minimum absolute atomic E-state index is 0.253. The van der Waals surface area contributed by atoms with Crippen molar-refractivity contribution in [3.8, 4) is 11.8 Å². The lowest BCUT2D eigenvalue weighted by Crippen LogP contribution is -2.53. The molecule has 2 N–H and O–H groups in total. The Bertz CT molecular complexity index is 1570. The summed E-state index contributed by atoms with van der Waals surface area (Å²) in [5.41, 5.74) is 2.42. The Balaban J connectivity index is 1.12. The number of halogens is 3. The van der Waals surface area contributed by atoms with Crippen LogP contribution in [0.15, 0.2) is 42.5 Å². The van der Waals surface area contributed by atoms with E-state index in [0.29, 0.717) is 27.8 Å². The summed E-state index contributed by atoms with van der Waals surface area (Å²) >= 11 is 1.35. The number of nitrogens with one attached hydrogen (secondary N) is 2. The number of alkyl halides is 3. The number of hydrogen-bond donors (Lipinski definition) is 2. The molecule has 5 nitrogen and oxygen atoms in total. The summed E-state index contributed by atoms with van der Waals surface area (Å²) in [7, 11) is -2.33. The Hall–Kier alpha value is -2.50. The van der Waals surface area contributed by atoms with Gasteiger partial charge >= 0.3 is 6.18 Å². The van der Waals surface area contributed by atoms with E-state index in [9.17, 15) is 17.7 Å². The van der Waals surface area contributed by atoms with Crippen LogP contribution < -0.4 is 15.9 Å². The van der Waals surface area contributed by atoms with E-state index in [1.807, 2.05) is 36.4 Å². The standard InChI is InChI=1S/C34H41F3N3O2PS/c1-43(2,41)27-14-10-24(11-15-27)38-18-4-7-31-29(21-34(35,36)37)28-5-3-6-30(32(28)44-31)39-25-8-12-26(13-9-25)40-19-16-33(17-20-40)22-42-23-33/h3,5-6,10-11,14-15,25-26,38-39H,8-9,12-13,16-23H2,1-2H3. The van der Waals surface area contributed by atoms with Gasteiger partial charge in [0.1, 0.15) is 7.14 Å². The van der Waals surface area contributed by atoms with Gasteiger partial charge < -0.3 is 24.8 Å². The number of hydrogen-bond acceptors (Lipinski definition) is 6. The lowest BCUT2D eigenvalue weighted by molar-refractivity contribution is -0.143. The van der Waals surface area contributed by atoms with E-state index in [4.69, 9.17) is 4.74 Å². The number of ether oxygens (including phenoxy) is 1. The maximum absolute atomic E-state index is 13.7. The van der Waals surface area contributed by atoms with Crippen LogP contribution in [0.1, 0.15) is 49.0 Å². The summed E-state index contributed by atoms with van der Waals surface area (Å²) < 4.78 is 59.6. The molecule has 0 radical (unpaired) electrons. The number of nitrogens with zero attached hydrogens (tertiary/aromatic N) is 1. The number of rotatable bonds is 7. The van der Waals surface area contributed by atoms with Gasteiger partial charge in [-0.2, -0.15) is 13.2 Å². The van der Waals surface area contributed by atoms with Crippen LogP contribution >= 0.6 is 18.5 Å². The average molecular weight is 644 g/mol. The Morgan fingerprint density at radius 2 is 1.75 bits per heavy atom. The van der Waals surface area contributed by atoms with E-state index in [1.54, 1.807) is 19.4 Å². The molecule has 0 bridgehead atoms. The fourth-order valence-electron chi connectivity index (χ4n) is 6.82. The molecular formula is C34H41F3N3O2PS. The zero-order chi connectivity index (χ0) is 31.0. The smallest absolute Gasteiger partial charge is 0.381 e. The summed E-state index contributed by atoms with van der Waals surface area (Å²) in [5.74, 6) is 6.07. The molecule has 1 aliphatic carbocycles. The predicted octanol–water partition coefficient (Wildman–Crippen LogP) is 7.55. The molecule has 1 aromatic heterocycles. The average Bonchev–Trinajstić information content (AvgIpc) is 3.31. The lowest BCUT2D eigenvalue weighted by Gasteiger charge is -2.49.